The average Bonchev–Trinajstić information content (AvgIpc) is 3.79. The van der Waals surface area contributed by atoms with Gasteiger partial charge in [-0.15, -0.1) is 0 Å². The number of allylic oxidation sites excluding steroid dienone is 4. The van der Waals surface area contributed by atoms with Crippen LogP contribution in [0.3, 0.4) is 0 Å². The second kappa shape index (κ2) is 14.2. The Kier molecular flexibility index (Phi) is 9.83. The predicted molar refractivity (Wildman–Crippen MR) is 200 cm³/mol. The summed E-state index contributed by atoms with van der Waals surface area (Å²) in [5, 5.41) is 14.9. The molecule has 1 fully saturated rings. The van der Waals surface area contributed by atoms with Gasteiger partial charge in [-0.3, -0.25) is 14.4 Å². The number of aliphatic carboxylic acids is 1. The van der Waals surface area contributed by atoms with Gasteiger partial charge in [-0.25, -0.2) is 4.79 Å². The van der Waals surface area contributed by atoms with Gasteiger partial charge in [-0.05, 0) is 98.2 Å². The van der Waals surface area contributed by atoms with Gasteiger partial charge in [0.15, 0.2) is 0 Å². The van der Waals surface area contributed by atoms with E-state index in [1.165, 1.54) is 21.3 Å². The van der Waals surface area contributed by atoms with Crippen LogP contribution in [0.15, 0.2) is 41.3 Å². The maximum Gasteiger partial charge on any atom is 0.334 e. The molecule has 0 spiro atoms. The fourth-order valence-corrected chi connectivity index (χ4v) is 7.86. The first-order chi connectivity index (χ1) is 25.3. The number of hydrogen-bond acceptors (Lipinski definition) is 8. The normalized spacial score (nSPS) is 18.5. The van der Waals surface area contributed by atoms with Crippen molar-refractivity contribution in [2.24, 2.45) is 11.3 Å². The second-order valence-corrected chi connectivity index (χ2v) is 13.7. The van der Waals surface area contributed by atoms with Gasteiger partial charge in [0, 0.05) is 63.3 Å². The molecule has 3 aromatic heterocycles. The van der Waals surface area contributed by atoms with Gasteiger partial charge in [-0.2, -0.15) is 0 Å². The largest absolute Gasteiger partial charge is 0.481 e. The second-order valence-electron chi connectivity index (χ2n) is 13.7. The average molecular weight is 721 g/mol. The fraction of sp³-hybridized carbons (Fsp3) is 0.317. The molecule has 1 saturated heterocycles. The molecule has 5 heterocycles. The molecule has 276 valence electrons. The maximum absolute atomic E-state index is 13.7. The first-order valence-electron chi connectivity index (χ1n) is 17.3. The Balaban J connectivity index is 1.72. The van der Waals surface area contributed by atoms with Gasteiger partial charge in [0.1, 0.15) is 5.92 Å². The number of aromatic nitrogens is 3. The molecule has 12 nitrogen and oxygen atoms in total. The molecule has 2 atom stereocenters. The topological polar surface area (TPSA) is 176 Å². The van der Waals surface area contributed by atoms with Gasteiger partial charge < -0.3 is 39.6 Å². The Hall–Kier alpha value is -6.04. The lowest BCUT2D eigenvalue weighted by Crippen LogP contribution is -2.40. The fourth-order valence-electron chi connectivity index (χ4n) is 7.86. The quantitative estimate of drug-likeness (QED) is 0.161. The third-order valence-corrected chi connectivity index (χ3v) is 10.9. The monoisotopic (exact) mass is 720 g/mol. The number of nitrogens with one attached hydrogen (secondary N) is 4. The molecule has 2 unspecified atom stereocenters. The van der Waals surface area contributed by atoms with Crippen LogP contribution in [0.2, 0.25) is 0 Å². The van der Waals surface area contributed by atoms with Crippen molar-refractivity contribution in [2.75, 3.05) is 21.3 Å². The van der Waals surface area contributed by atoms with E-state index >= 15 is 0 Å². The van der Waals surface area contributed by atoms with E-state index in [0.29, 0.717) is 29.2 Å². The summed E-state index contributed by atoms with van der Waals surface area (Å²) in [6, 6.07) is 0. The Morgan fingerprint density at radius 1 is 0.792 bits per heavy atom. The van der Waals surface area contributed by atoms with Crippen LogP contribution in [0.25, 0.3) is 30.4 Å². The number of H-pyrrole nitrogens is 3. The number of aromatic amines is 3. The van der Waals surface area contributed by atoms with Gasteiger partial charge in [0.05, 0.1) is 32.3 Å². The molecule has 2 aliphatic heterocycles. The highest BCUT2D eigenvalue weighted by Gasteiger charge is 2.55. The van der Waals surface area contributed by atoms with E-state index in [-0.39, 0.29) is 30.8 Å². The number of methoxy groups -OCH3 is 3. The van der Waals surface area contributed by atoms with Gasteiger partial charge >= 0.3 is 23.9 Å². The van der Waals surface area contributed by atoms with Gasteiger partial charge in [-0.1, -0.05) is 24.8 Å². The van der Waals surface area contributed by atoms with Crippen LogP contribution in [0.4, 0.5) is 0 Å². The zero-order valence-electron chi connectivity index (χ0n) is 31.0. The van der Waals surface area contributed by atoms with E-state index in [9.17, 15) is 24.3 Å². The lowest BCUT2D eigenvalue weighted by atomic mass is 9.64. The summed E-state index contributed by atoms with van der Waals surface area (Å²) in [6.45, 7) is 11.9. The van der Waals surface area contributed by atoms with Crippen molar-refractivity contribution >= 4 is 54.3 Å². The summed E-state index contributed by atoms with van der Waals surface area (Å²) in [6.07, 6.45) is 13.8. The molecular formula is C41H44N4O8. The number of carboxylic acids is 1. The molecule has 3 aliphatic rings. The Morgan fingerprint density at radius 3 is 2.13 bits per heavy atom. The van der Waals surface area contributed by atoms with E-state index in [0.717, 1.165) is 61.0 Å². The third kappa shape index (κ3) is 6.28. The minimum absolute atomic E-state index is 0.0976. The number of carboxylic acid groups (broad SMARTS) is 1. The Bertz CT molecular complexity index is 2340. The van der Waals surface area contributed by atoms with E-state index in [1.807, 2.05) is 58.1 Å². The predicted octanol–water partition coefficient (Wildman–Crippen LogP) is 4.15. The highest BCUT2D eigenvalue weighted by molar-refractivity contribution is 5.98. The zero-order chi connectivity index (χ0) is 38.4. The van der Waals surface area contributed by atoms with Crippen molar-refractivity contribution in [3.8, 4) is 0 Å². The molecule has 0 radical (unpaired) electrons. The Morgan fingerprint density at radius 2 is 1.47 bits per heavy atom. The van der Waals surface area contributed by atoms with E-state index in [2.05, 4.69) is 26.8 Å². The van der Waals surface area contributed by atoms with Crippen molar-refractivity contribution in [1.82, 2.24) is 20.3 Å². The molecule has 8 bridgehead atoms. The standard InChI is InChI=1S/C41H44N4O8/c1-9-23-20(2)29-17-34-27-13-10-26(39(49)52-7)38(40(50)53-8)41(27,5)35(45-34)19-30-22(4)24(11-14-36(46)47)32(44-30)18-33-25(12-15-37(48)51-6)21(3)28(43-33)16-31(23)42-29/h9-10,13,16-19,38,42-45H,1,11-12,14-15H2,2-8H3,(H,46,47). The highest BCUT2D eigenvalue weighted by atomic mass is 16.5. The maximum atomic E-state index is 13.7. The molecule has 0 aromatic carbocycles. The molecule has 0 amide bonds. The summed E-state index contributed by atoms with van der Waals surface area (Å²) in [5.41, 5.74) is 9.45. The molecular weight excluding hydrogens is 676 g/mol. The first kappa shape index (κ1) is 36.7. The van der Waals surface area contributed by atoms with Crippen LogP contribution in [-0.4, -0.2) is 65.3 Å². The number of ether oxygens (including phenoxy) is 3. The van der Waals surface area contributed by atoms with Crippen LogP contribution in [0, 0.1) is 32.1 Å². The minimum Gasteiger partial charge on any atom is -0.481 e. The van der Waals surface area contributed by atoms with Gasteiger partial charge in [0.2, 0.25) is 0 Å². The molecule has 3 aromatic rings. The smallest absolute Gasteiger partial charge is 0.334 e. The van der Waals surface area contributed by atoms with Crippen LogP contribution >= 0.6 is 0 Å². The van der Waals surface area contributed by atoms with Crippen molar-refractivity contribution in [3.05, 3.63) is 108 Å². The molecule has 12 heteroatoms. The molecule has 53 heavy (non-hydrogen) atoms. The number of rotatable bonds is 9. The minimum atomic E-state index is -1.11. The van der Waals surface area contributed by atoms with Crippen molar-refractivity contribution in [3.63, 3.8) is 0 Å². The summed E-state index contributed by atoms with van der Waals surface area (Å²) in [4.78, 5) is 61.6. The zero-order valence-corrected chi connectivity index (χ0v) is 31.0. The first-order valence-corrected chi connectivity index (χ1v) is 17.3. The van der Waals surface area contributed by atoms with E-state index < -0.39 is 29.2 Å². The molecule has 1 aliphatic carbocycles. The summed E-state index contributed by atoms with van der Waals surface area (Å²) in [5.74, 6) is -3.57. The SMILES string of the molecule is C=Cc1c2[nH]c(c1C)C=C1NC(=Cc3[nH]c(c(CCC(=O)O)c3C)C=c3[nH]c(c(C)c3CCC(=O)OC)=C2)C2(C)C1=CC=C(C(=O)OC)C2C(=O)OC. The molecule has 6 rings (SSSR count). The number of fused-ring (bicyclic) bond motifs is 11. The van der Waals surface area contributed by atoms with Crippen LogP contribution in [0.1, 0.15) is 75.9 Å². The third-order valence-electron chi connectivity index (χ3n) is 10.9. The summed E-state index contributed by atoms with van der Waals surface area (Å²) >= 11 is 0. The van der Waals surface area contributed by atoms with Gasteiger partial charge in [0.25, 0.3) is 0 Å². The number of carbonyl (C=O) groups is 4. The highest BCUT2D eigenvalue weighted by Crippen LogP contribution is 2.55. The van der Waals surface area contributed by atoms with Crippen LogP contribution < -0.4 is 16.0 Å². The molecule has 5 N–H and O–H groups in total. The number of carbonyl (C=O) groups excluding carboxylic acids is 3. The van der Waals surface area contributed by atoms with Crippen LogP contribution in [-0.2, 0) is 46.2 Å². The number of esters is 3. The number of hydrogen-bond donors (Lipinski definition) is 5. The van der Waals surface area contributed by atoms with Crippen molar-refractivity contribution in [2.45, 2.75) is 53.4 Å². The lowest BCUT2D eigenvalue weighted by molar-refractivity contribution is -0.150. The molecule has 0 saturated carbocycles. The lowest BCUT2D eigenvalue weighted by Gasteiger charge is -2.36. The van der Waals surface area contributed by atoms with Crippen molar-refractivity contribution < 1.29 is 38.5 Å². The summed E-state index contributed by atoms with van der Waals surface area (Å²) in [7, 11) is 3.93. The van der Waals surface area contributed by atoms with E-state index in [1.54, 1.807) is 12.2 Å². The van der Waals surface area contributed by atoms with Crippen LogP contribution in [0.5, 0.6) is 0 Å². The van der Waals surface area contributed by atoms with E-state index in [4.69, 9.17) is 14.2 Å². The summed E-state index contributed by atoms with van der Waals surface area (Å²) < 4.78 is 15.4. The Labute approximate surface area is 306 Å². The van der Waals surface area contributed by atoms with Crippen molar-refractivity contribution in [1.29, 1.82) is 0 Å².